The Morgan fingerprint density at radius 2 is 2.00 bits per heavy atom. The first-order valence-electron chi connectivity index (χ1n) is 6.94. The molecule has 0 fully saturated rings. The number of anilines is 1. The van der Waals surface area contributed by atoms with Crippen LogP contribution in [0.3, 0.4) is 0 Å². The molecular weight excluding hydrogens is 266 g/mol. The van der Waals surface area contributed by atoms with Gasteiger partial charge in [0.25, 0.3) is 0 Å². The van der Waals surface area contributed by atoms with Crippen LogP contribution in [0.1, 0.15) is 11.1 Å². The van der Waals surface area contributed by atoms with Crippen LogP contribution in [-0.2, 0) is 13.0 Å². The molecule has 106 valence electrons. The molecule has 0 radical (unpaired) electrons. The second-order valence-corrected chi connectivity index (χ2v) is 5.21. The Bertz CT molecular complexity index is 782. The monoisotopic (exact) mass is 281 g/mol. The zero-order valence-electron chi connectivity index (χ0n) is 11.4. The molecule has 1 unspecified atom stereocenters. The van der Waals surface area contributed by atoms with E-state index in [2.05, 4.69) is 49.8 Å². The zero-order chi connectivity index (χ0) is 14.2. The van der Waals surface area contributed by atoms with Gasteiger partial charge in [-0.15, -0.1) is 14.8 Å². The van der Waals surface area contributed by atoms with Gasteiger partial charge in [0.2, 0.25) is 0 Å². The summed E-state index contributed by atoms with van der Waals surface area (Å²) < 4.78 is 1.45. The standard InChI is InChI=1S/C14H15N7/c15-8-12-7-10-3-1-2-4-11(10)9-20(12)14-6-5-13-16-18-19-21(13)17-14/h1-6,12H,7-9,15H2. The Morgan fingerprint density at radius 1 is 1.14 bits per heavy atom. The Balaban J connectivity index is 1.75. The number of rotatable bonds is 2. The predicted octanol–water partition coefficient (Wildman–Crippen LogP) is 0.409. The van der Waals surface area contributed by atoms with E-state index in [0.717, 1.165) is 18.8 Å². The van der Waals surface area contributed by atoms with Crippen molar-refractivity contribution in [1.29, 1.82) is 0 Å². The summed E-state index contributed by atoms with van der Waals surface area (Å²) in [4.78, 5) is 2.23. The van der Waals surface area contributed by atoms with E-state index in [-0.39, 0.29) is 6.04 Å². The summed E-state index contributed by atoms with van der Waals surface area (Å²) in [6, 6.07) is 12.5. The van der Waals surface area contributed by atoms with Crippen LogP contribution >= 0.6 is 0 Å². The number of fused-ring (bicyclic) bond motifs is 2. The minimum absolute atomic E-state index is 0.237. The molecule has 2 aromatic heterocycles. The quantitative estimate of drug-likeness (QED) is 0.732. The van der Waals surface area contributed by atoms with E-state index in [1.165, 1.54) is 15.8 Å². The van der Waals surface area contributed by atoms with Crippen molar-refractivity contribution in [2.24, 2.45) is 5.73 Å². The van der Waals surface area contributed by atoms with Gasteiger partial charge in [-0.3, -0.25) is 0 Å². The van der Waals surface area contributed by atoms with Gasteiger partial charge in [-0.25, -0.2) is 0 Å². The molecule has 2 N–H and O–H groups in total. The van der Waals surface area contributed by atoms with Crippen LogP contribution in [0.5, 0.6) is 0 Å². The maximum atomic E-state index is 5.96. The first-order valence-corrected chi connectivity index (χ1v) is 6.94. The van der Waals surface area contributed by atoms with Crippen molar-refractivity contribution >= 4 is 11.5 Å². The Morgan fingerprint density at radius 3 is 2.86 bits per heavy atom. The largest absolute Gasteiger partial charge is 0.346 e. The van der Waals surface area contributed by atoms with E-state index in [0.29, 0.717) is 12.2 Å². The molecule has 3 heterocycles. The van der Waals surface area contributed by atoms with E-state index in [4.69, 9.17) is 5.73 Å². The van der Waals surface area contributed by atoms with Crippen molar-refractivity contribution in [3.63, 3.8) is 0 Å². The highest BCUT2D eigenvalue weighted by Gasteiger charge is 2.26. The van der Waals surface area contributed by atoms with Crippen LogP contribution in [0.15, 0.2) is 36.4 Å². The van der Waals surface area contributed by atoms with Gasteiger partial charge in [-0.05, 0) is 40.1 Å². The molecule has 0 bridgehead atoms. The third-order valence-corrected chi connectivity index (χ3v) is 3.98. The van der Waals surface area contributed by atoms with Crippen LogP contribution in [0.25, 0.3) is 5.65 Å². The lowest BCUT2D eigenvalue weighted by molar-refractivity contribution is 0.548. The molecule has 0 aliphatic carbocycles. The normalized spacial score (nSPS) is 18.0. The van der Waals surface area contributed by atoms with E-state index in [9.17, 15) is 0 Å². The van der Waals surface area contributed by atoms with E-state index >= 15 is 0 Å². The van der Waals surface area contributed by atoms with Gasteiger partial charge < -0.3 is 10.6 Å². The molecule has 0 saturated heterocycles. The highest BCUT2D eigenvalue weighted by molar-refractivity contribution is 5.48. The highest BCUT2D eigenvalue weighted by atomic mass is 15.6. The molecule has 4 rings (SSSR count). The molecule has 1 aromatic carbocycles. The lowest BCUT2D eigenvalue weighted by atomic mass is 9.94. The van der Waals surface area contributed by atoms with Crippen LogP contribution in [0.4, 0.5) is 5.82 Å². The number of hydrogen-bond donors (Lipinski definition) is 1. The third kappa shape index (κ3) is 2.02. The number of hydrogen-bond acceptors (Lipinski definition) is 6. The van der Waals surface area contributed by atoms with Gasteiger partial charge in [0, 0.05) is 19.1 Å². The summed E-state index contributed by atoms with van der Waals surface area (Å²) in [6.45, 7) is 1.39. The summed E-state index contributed by atoms with van der Waals surface area (Å²) in [5.74, 6) is 0.847. The second-order valence-electron chi connectivity index (χ2n) is 5.21. The zero-order valence-corrected chi connectivity index (χ0v) is 11.4. The first-order chi connectivity index (χ1) is 10.3. The van der Waals surface area contributed by atoms with Crippen molar-refractivity contribution in [2.75, 3.05) is 11.4 Å². The average molecular weight is 281 g/mol. The number of nitrogens with two attached hydrogens (primary N) is 1. The van der Waals surface area contributed by atoms with Crippen LogP contribution < -0.4 is 10.6 Å². The van der Waals surface area contributed by atoms with Gasteiger partial charge in [-0.1, -0.05) is 24.3 Å². The van der Waals surface area contributed by atoms with Crippen molar-refractivity contribution < 1.29 is 0 Å². The smallest absolute Gasteiger partial charge is 0.200 e. The summed E-state index contributed by atoms with van der Waals surface area (Å²) in [5.41, 5.74) is 9.29. The SMILES string of the molecule is NCC1Cc2ccccc2CN1c1ccc2nnnn2n1. The van der Waals surface area contributed by atoms with Gasteiger partial charge >= 0.3 is 0 Å². The van der Waals surface area contributed by atoms with Crippen molar-refractivity contribution in [3.8, 4) is 0 Å². The van der Waals surface area contributed by atoms with Gasteiger partial charge in [-0.2, -0.15) is 0 Å². The lowest BCUT2D eigenvalue weighted by Gasteiger charge is -2.37. The minimum Gasteiger partial charge on any atom is -0.346 e. The molecule has 7 heteroatoms. The van der Waals surface area contributed by atoms with Crippen molar-refractivity contribution in [2.45, 2.75) is 19.0 Å². The van der Waals surface area contributed by atoms with Crippen LogP contribution in [0.2, 0.25) is 0 Å². The lowest BCUT2D eigenvalue weighted by Crippen LogP contribution is -2.45. The Kier molecular flexibility index (Phi) is 2.78. The molecule has 1 atom stereocenters. The first kappa shape index (κ1) is 12.2. The van der Waals surface area contributed by atoms with E-state index in [1.807, 2.05) is 12.1 Å². The second kappa shape index (κ2) is 4.78. The topological polar surface area (TPSA) is 85.2 Å². The number of tetrazole rings is 1. The minimum atomic E-state index is 0.237. The molecule has 21 heavy (non-hydrogen) atoms. The van der Waals surface area contributed by atoms with E-state index < -0.39 is 0 Å². The fourth-order valence-electron chi connectivity index (χ4n) is 2.86. The predicted molar refractivity (Wildman–Crippen MR) is 77.7 cm³/mol. The maximum absolute atomic E-state index is 5.96. The van der Waals surface area contributed by atoms with Gasteiger partial charge in [0.1, 0.15) is 0 Å². The number of benzene rings is 1. The summed E-state index contributed by atoms with van der Waals surface area (Å²) in [6.07, 6.45) is 0.933. The summed E-state index contributed by atoms with van der Waals surface area (Å²) >= 11 is 0. The third-order valence-electron chi connectivity index (χ3n) is 3.98. The fourth-order valence-corrected chi connectivity index (χ4v) is 2.86. The van der Waals surface area contributed by atoms with Crippen LogP contribution in [-0.4, -0.2) is 37.8 Å². The maximum Gasteiger partial charge on any atom is 0.200 e. The fraction of sp³-hybridized carbons (Fsp3) is 0.286. The summed E-state index contributed by atoms with van der Waals surface area (Å²) in [5, 5.41) is 15.8. The van der Waals surface area contributed by atoms with Crippen LogP contribution in [0, 0.1) is 0 Å². The van der Waals surface area contributed by atoms with Gasteiger partial charge in [0.05, 0.1) is 0 Å². The van der Waals surface area contributed by atoms with Crippen molar-refractivity contribution in [3.05, 3.63) is 47.5 Å². The molecule has 0 amide bonds. The van der Waals surface area contributed by atoms with Crippen molar-refractivity contribution in [1.82, 2.24) is 25.3 Å². The Hall–Kier alpha value is -2.54. The molecular formula is C14H15N7. The molecule has 1 aliphatic heterocycles. The Labute approximate surface area is 121 Å². The summed E-state index contributed by atoms with van der Waals surface area (Å²) in [7, 11) is 0. The molecule has 0 spiro atoms. The molecule has 7 nitrogen and oxygen atoms in total. The number of aromatic nitrogens is 5. The molecule has 1 aliphatic rings. The number of nitrogens with zero attached hydrogens (tertiary/aromatic N) is 6. The average Bonchev–Trinajstić information content (AvgIpc) is 3.01. The highest BCUT2D eigenvalue weighted by Crippen LogP contribution is 2.26. The van der Waals surface area contributed by atoms with E-state index in [1.54, 1.807) is 0 Å². The molecule has 0 saturated carbocycles. The molecule has 3 aromatic rings. The van der Waals surface area contributed by atoms with Gasteiger partial charge in [0.15, 0.2) is 11.5 Å².